The van der Waals surface area contributed by atoms with E-state index in [0.717, 1.165) is 44.3 Å². The molecule has 0 bridgehead atoms. The van der Waals surface area contributed by atoms with Gasteiger partial charge in [-0.3, -0.25) is 4.55 Å². The molecule has 0 spiro atoms. The Morgan fingerprint density at radius 2 is 1.15 bits per heavy atom. The van der Waals surface area contributed by atoms with Crippen LogP contribution in [0.15, 0.2) is 147 Å². The van der Waals surface area contributed by atoms with Crippen LogP contribution in [0.3, 0.4) is 0 Å². The lowest BCUT2D eigenvalue weighted by atomic mass is 10.1. The Kier molecular flexibility index (Phi) is 9.65. The molecule has 0 amide bonds. The number of rotatable bonds is 7. The van der Waals surface area contributed by atoms with Crippen LogP contribution in [0.1, 0.15) is 0 Å². The second kappa shape index (κ2) is 14.0. The number of azo groups is 2. The number of nitrogen functional groups attached to an aromatic ring is 1. The van der Waals surface area contributed by atoms with Gasteiger partial charge in [0.15, 0.2) is 0 Å². The summed E-state index contributed by atoms with van der Waals surface area (Å²) in [5.41, 5.74) is 10.5. The Morgan fingerprint density at radius 3 is 1.78 bits per heavy atom. The molecule has 0 aromatic heterocycles. The number of hydrogen-bond acceptors (Lipinski definition) is 9. The van der Waals surface area contributed by atoms with Crippen molar-refractivity contribution in [3.05, 3.63) is 121 Å². The van der Waals surface area contributed by atoms with Crippen LogP contribution in [0.2, 0.25) is 0 Å². The largest absolute Gasteiger partial charge is 0.494 e. The van der Waals surface area contributed by atoms with Crippen molar-refractivity contribution in [3.8, 4) is 5.75 Å². The van der Waals surface area contributed by atoms with Gasteiger partial charge >= 0.3 is 0 Å². The highest BCUT2D eigenvalue weighted by molar-refractivity contribution is 7.85. The van der Waals surface area contributed by atoms with Crippen LogP contribution in [-0.4, -0.2) is 34.2 Å². The SMILES string of the molecule is COc1cc(S(=O)(=O)O)ccc1N=Nc1ccc(N(C)C)c2ccccc12.Nc1ccc(N=Nc2ccccc2)c2ccccc12. The van der Waals surface area contributed by atoms with Gasteiger partial charge in [-0.15, -0.1) is 15.3 Å². The van der Waals surface area contributed by atoms with Crippen LogP contribution < -0.4 is 15.4 Å². The lowest BCUT2D eigenvalue weighted by Crippen LogP contribution is -2.08. The van der Waals surface area contributed by atoms with Gasteiger partial charge in [-0.05, 0) is 48.5 Å². The molecule has 0 heterocycles. The first-order valence-corrected chi connectivity index (χ1v) is 15.6. The fraction of sp³-hybridized carbons (Fsp3) is 0.0857. The zero-order valence-corrected chi connectivity index (χ0v) is 26.3. The molecule has 0 fully saturated rings. The molecule has 11 heteroatoms. The van der Waals surface area contributed by atoms with E-state index in [1.54, 1.807) is 0 Å². The van der Waals surface area contributed by atoms with E-state index in [4.69, 9.17) is 15.0 Å². The number of nitrogens with zero attached hydrogens (tertiary/aromatic N) is 5. The maximum absolute atomic E-state index is 11.3. The van der Waals surface area contributed by atoms with Crippen molar-refractivity contribution in [3.63, 3.8) is 0 Å². The van der Waals surface area contributed by atoms with Gasteiger partial charge in [0.05, 0.1) is 29.1 Å². The van der Waals surface area contributed by atoms with Crippen LogP contribution >= 0.6 is 0 Å². The van der Waals surface area contributed by atoms with Gasteiger partial charge in [0, 0.05) is 53.1 Å². The molecular formula is C35H32N6O4S. The zero-order valence-electron chi connectivity index (χ0n) is 25.4. The number of ether oxygens (including phenoxy) is 1. The molecule has 0 aliphatic carbocycles. The summed E-state index contributed by atoms with van der Waals surface area (Å²) in [5, 5.41) is 21.1. The minimum absolute atomic E-state index is 0.197. The molecule has 46 heavy (non-hydrogen) atoms. The number of nitrogens with two attached hydrogens (primary N) is 1. The van der Waals surface area contributed by atoms with Gasteiger partial charge in [-0.2, -0.15) is 13.5 Å². The third kappa shape index (κ3) is 7.34. The summed E-state index contributed by atoms with van der Waals surface area (Å²) in [6.45, 7) is 0. The van der Waals surface area contributed by atoms with Crippen LogP contribution in [0, 0.1) is 0 Å². The van der Waals surface area contributed by atoms with E-state index in [1.807, 2.05) is 122 Å². The van der Waals surface area contributed by atoms with E-state index in [0.29, 0.717) is 11.4 Å². The predicted octanol–water partition coefficient (Wildman–Crippen LogP) is 9.41. The Balaban J connectivity index is 0.000000192. The van der Waals surface area contributed by atoms with Crippen molar-refractivity contribution in [2.75, 3.05) is 31.8 Å². The Hall–Kier alpha value is -5.65. The first-order valence-electron chi connectivity index (χ1n) is 14.2. The van der Waals surface area contributed by atoms with Crippen molar-refractivity contribution in [1.82, 2.24) is 0 Å². The van der Waals surface area contributed by atoms with E-state index in [2.05, 4.69) is 20.5 Å². The van der Waals surface area contributed by atoms with E-state index < -0.39 is 10.1 Å². The minimum atomic E-state index is -4.32. The molecule has 3 N–H and O–H groups in total. The highest BCUT2D eigenvalue weighted by Crippen LogP contribution is 2.36. The molecule has 0 saturated heterocycles. The summed E-state index contributed by atoms with van der Waals surface area (Å²) in [5.74, 6) is 0.197. The van der Waals surface area contributed by atoms with Crippen molar-refractivity contribution in [2.45, 2.75) is 4.90 Å². The van der Waals surface area contributed by atoms with Gasteiger partial charge in [0.1, 0.15) is 11.4 Å². The number of hydrogen-bond donors (Lipinski definition) is 2. The number of methoxy groups -OCH3 is 1. The first-order chi connectivity index (χ1) is 22.2. The standard InChI is InChI=1S/C19H19N3O4S.C16H13N3/c1-22(2)18-11-10-16(14-6-4-5-7-15(14)18)20-21-17-9-8-13(27(23,24)25)12-19(17)26-3;17-15-10-11-16(14-9-5-4-8-13(14)15)19-18-12-6-2-1-3-7-12/h4-12H,1-3H3,(H,23,24,25);1-11H,17H2. The van der Waals surface area contributed by atoms with Gasteiger partial charge in [0.2, 0.25) is 0 Å². The smallest absolute Gasteiger partial charge is 0.294 e. The number of fused-ring (bicyclic) bond motifs is 2. The van der Waals surface area contributed by atoms with Gasteiger partial charge < -0.3 is 15.4 Å². The molecular weight excluding hydrogens is 600 g/mol. The summed E-state index contributed by atoms with van der Waals surface area (Å²) >= 11 is 0. The summed E-state index contributed by atoms with van der Waals surface area (Å²) in [6.07, 6.45) is 0. The van der Waals surface area contributed by atoms with E-state index >= 15 is 0 Å². The van der Waals surface area contributed by atoms with Gasteiger partial charge in [-0.25, -0.2) is 0 Å². The summed E-state index contributed by atoms with van der Waals surface area (Å²) in [7, 11) is 1.03. The minimum Gasteiger partial charge on any atom is -0.494 e. The molecule has 0 aliphatic heterocycles. The molecule has 0 unspecified atom stereocenters. The maximum Gasteiger partial charge on any atom is 0.294 e. The van der Waals surface area contributed by atoms with Crippen molar-refractivity contribution >= 4 is 65.8 Å². The van der Waals surface area contributed by atoms with Crippen LogP contribution in [0.25, 0.3) is 21.5 Å². The van der Waals surface area contributed by atoms with Crippen LogP contribution in [0.5, 0.6) is 5.75 Å². The van der Waals surface area contributed by atoms with Crippen LogP contribution in [-0.2, 0) is 10.1 Å². The number of benzene rings is 6. The van der Waals surface area contributed by atoms with Crippen molar-refractivity contribution in [2.24, 2.45) is 20.5 Å². The normalized spacial score (nSPS) is 11.6. The Bertz CT molecular complexity index is 2170. The first kappa shape index (κ1) is 31.8. The highest BCUT2D eigenvalue weighted by Gasteiger charge is 2.14. The Labute approximate surface area is 267 Å². The Morgan fingerprint density at radius 1 is 0.630 bits per heavy atom. The average Bonchev–Trinajstić information content (AvgIpc) is 3.07. The monoisotopic (exact) mass is 632 g/mol. The molecule has 0 atom stereocenters. The topological polar surface area (TPSA) is 142 Å². The lowest BCUT2D eigenvalue weighted by Gasteiger charge is -2.16. The quantitative estimate of drug-likeness (QED) is 0.102. The molecule has 0 saturated carbocycles. The molecule has 0 aliphatic rings. The molecule has 6 aromatic carbocycles. The summed E-state index contributed by atoms with van der Waals surface area (Å²) in [6, 6.07) is 37.0. The van der Waals surface area contributed by atoms with Crippen molar-refractivity contribution in [1.29, 1.82) is 0 Å². The van der Waals surface area contributed by atoms with E-state index in [1.165, 1.54) is 25.3 Å². The fourth-order valence-electron chi connectivity index (χ4n) is 4.75. The highest BCUT2D eigenvalue weighted by atomic mass is 32.2. The number of anilines is 2. The van der Waals surface area contributed by atoms with Crippen LogP contribution in [0.4, 0.5) is 34.1 Å². The second-order valence-corrected chi connectivity index (χ2v) is 11.7. The molecule has 10 nitrogen and oxygen atoms in total. The van der Waals surface area contributed by atoms with Gasteiger partial charge in [-0.1, -0.05) is 66.7 Å². The molecule has 6 rings (SSSR count). The predicted molar refractivity (Wildman–Crippen MR) is 184 cm³/mol. The third-order valence-electron chi connectivity index (χ3n) is 7.04. The summed E-state index contributed by atoms with van der Waals surface area (Å²) < 4.78 is 36.9. The average molecular weight is 633 g/mol. The van der Waals surface area contributed by atoms with E-state index in [9.17, 15) is 8.42 Å². The second-order valence-electron chi connectivity index (χ2n) is 10.3. The zero-order chi connectivity index (χ0) is 32.7. The molecule has 6 aromatic rings. The van der Waals surface area contributed by atoms with Crippen molar-refractivity contribution < 1.29 is 17.7 Å². The molecule has 0 radical (unpaired) electrons. The fourth-order valence-corrected chi connectivity index (χ4v) is 5.25. The lowest BCUT2D eigenvalue weighted by molar-refractivity contribution is 0.413. The molecule has 232 valence electrons. The van der Waals surface area contributed by atoms with E-state index in [-0.39, 0.29) is 10.6 Å². The summed E-state index contributed by atoms with van der Waals surface area (Å²) in [4.78, 5) is 1.76. The van der Waals surface area contributed by atoms with Gasteiger partial charge in [0.25, 0.3) is 10.1 Å². The third-order valence-corrected chi connectivity index (χ3v) is 7.89. The maximum atomic E-state index is 11.3.